The van der Waals surface area contributed by atoms with Crippen molar-refractivity contribution in [1.29, 1.82) is 0 Å². The molecule has 0 bridgehead atoms. The Kier molecular flexibility index (Phi) is 22.7. The summed E-state index contributed by atoms with van der Waals surface area (Å²) in [5.74, 6) is 0. The zero-order valence-corrected chi connectivity index (χ0v) is 67.4. The predicted molar refractivity (Wildman–Crippen MR) is 447 cm³/mol. The average Bonchev–Trinajstić information content (AvgIpc) is 1.65. The van der Waals surface area contributed by atoms with Crippen molar-refractivity contribution < 1.29 is 0 Å². The lowest BCUT2D eigenvalue weighted by molar-refractivity contribution is 0.797. The maximum absolute atomic E-state index is 2.58. The molecule has 14 rings (SSSR count). The molecule has 0 fully saturated rings. The van der Waals surface area contributed by atoms with Gasteiger partial charge in [0.1, 0.15) is 8.07 Å². The fourth-order valence-corrected chi connectivity index (χ4v) is 36.2. The summed E-state index contributed by atoms with van der Waals surface area (Å²) in [4.78, 5) is 33.5. The van der Waals surface area contributed by atoms with Crippen LogP contribution in [-0.4, -0.2) is 8.07 Å². The second-order valence-corrected chi connectivity index (χ2v) is 44.6. The molecule has 0 unspecified atom stereocenters. The Hall–Kier alpha value is -3.98. The zero-order chi connectivity index (χ0) is 64.8. The highest BCUT2D eigenvalue weighted by Crippen LogP contribution is 2.52. The van der Waals surface area contributed by atoms with E-state index in [9.17, 15) is 0 Å². The molecule has 14 aromatic heterocycles. The molecule has 0 saturated heterocycles. The zero-order valence-electron chi connectivity index (χ0n) is 55.0. The van der Waals surface area contributed by atoms with E-state index in [-0.39, 0.29) is 0 Å². The van der Waals surface area contributed by atoms with Gasteiger partial charge in [0.15, 0.2) is 0 Å². The Morgan fingerprint density at radius 2 is 0.484 bits per heavy atom. The van der Waals surface area contributed by atoms with Gasteiger partial charge in [-0.25, -0.2) is 0 Å². The lowest BCUT2D eigenvalue weighted by atomic mass is 10.1. The van der Waals surface area contributed by atoms with E-state index in [0.717, 1.165) is 12.8 Å². The van der Waals surface area contributed by atoms with Crippen molar-refractivity contribution in [1.82, 2.24) is 0 Å². The number of unbranched alkanes of at least 4 members (excludes halogenated alkanes) is 6. The van der Waals surface area contributed by atoms with E-state index in [4.69, 9.17) is 0 Å². The minimum Gasteiger partial charge on any atom is -0.144 e. The normalized spacial score (nSPS) is 12.0. The molecule has 14 aromatic rings. The van der Waals surface area contributed by atoms with Gasteiger partial charge in [0.05, 0.1) is 0 Å². The van der Waals surface area contributed by atoms with Gasteiger partial charge in [-0.05, 0) is 239 Å². The lowest BCUT2D eigenvalue weighted by Crippen LogP contribution is -2.55. The van der Waals surface area contributed by atoms with Crippen molar-refractivity contribution in [2.24, 2.45) is 0 Å². The maximum Gasteiger partial charge on any atom is 0.143 e. The molecule has 0 aliphatic rings. The molecule has 0 nitrogen and oxygen atoms in total. The highest BCUT2D eigenvalue weighted by Gasteiger charge is 2.39. The smallest absolute Gasteiger partial charge is 0.143 e. The van der Waals surface area contributed by atoms with Gasteiger partial charge >= 0.3 is 0 Å². The van der Waals surface area contributed by atoms with Crippen LogP contribution in [0.25, 0.3) is 117 Å². The van der Waals surface area contributed by atoms with Crippen molar-refractivity contribution in [3.05, 3.63) is 179 Å². The summed E-state index contributed by atoms with van der Waals surface area (Å²) in [7, 11) is -2.09. The standard InChI is InChI=1S/C80H80S14Si/c1-7-13-19-51-45-73(81-49-51)67-31-27-57(85-67)55-23-25-59(83-55)61-35-37-71(89-61)79-53(21-15-9-3)47-75(93-79)69-33-29-63(87-69)65-39-41-77(91-65)95(43-17-11-5,44-18-12-6)78-42-40-66(92-78)64-30-34-70(88-64)76-48-54(22-16-10-4)80(94-76)72-38-36-62(90-72)60-26-24-56(84-60)58-28-32-68(86-58)74-46-52(50-82-74)20-14-8-2/h23-42,45-50H,7-22,43-44H2,1-6H3. The molecule has 0 aromatic carbocycles. The first-order valence-electron chi connectivity index (χ1n) is 34.1. The SMILES string of the molecule is CCCCc1csc(-c2ccc(-c3ccc(-c4ccc(-c5sc(-c6ccc(-c7ccc([Si](CCCC)(CCCC)c8ccc(-c9ccc(-c%10cc(CCCC)c(-c%11ccc(-c%12ccc(-c%13ccc(-c%14cc(CCCC)cs%14)s%13)s%12)s%11)s%10)s9)s8)s7)s6)cc5CCCC)s4)s3)s2)c1. The fraction of sp³-hybridized carbons (Fsp3) is 0.300. The highest BCUT2D eigenvalue weighted by molar-refractivity contribution is 7.40. The third-order valence-electron chi connectivity index (χ3n) is 18.0. The van der Waals surface area contributed by atoms with Crippen LogP contribution in [0, 0.1) is 0 Å². The van der Waals surface area contributed by atoms with E-state index in [1.165, 1.54) is 241 Å². The molecule has 95 heavy (non-hydrogen) atoms. The summed E-state index contributed by atoms with van der Waals surface area (Å²) < 4.78 is 3.35. The Morgan fingerprint density at radius 3 is 0.800 bits per heavy atom. The van der Waals surface area contributed by atoms with E-state index >= 15 is 0 Å². The van der Waals surface area contributed by atoms with Crippen molar-refractivity contribution in [3.63, 3.8) is 0 Å². The summed E-state index contributed by atoms with van der Waals surface area (Å²) in [5.41, 5.74) is 5.98. The first kappa shape index (κ1) is 68.2. The number of hydrogen-bond acceptors (Lipinski definition) is 14. The largest absolute Gasteiger partial charge is 0.144 e. The van der Waals surface area contributed by atoms with Crippen LogP contribution in [0.5, 0.6) is 0 Å². The summed E-state index contributed by atoms with van der Waals surface area (Å²) in [6, 6.07) is 60.6. The van der Waals surface area contributed by atoms with Gasteiger partial charge in [-0.15, -0.1) is 159 Å². The Morgan fingerprint density at radius 1 is 0.232 bits per heavy atom. The number of hydrogen-bond donors (Lipinski definition) is 0. The van der Waals surface area contributed by atoms with Crippen LogP contribution in [0.4, 0.5) is 0 Å². The summed E-state index contributed by atoms with van der Waals surface area (Å²) in [6.07, 6.45) is 19.5. The molecule has 0 N–H and O–H groups in total. The Bertz CT molecular complexity index is 4460. The molecule has 0 aliphatic heterocycles. The van der Waals surface area contributed by atoms with Crippen LogP contribution in [0.15, 0.2) is 156 Å². The van der Waals surface area contributed by atoms with Crippen LogP contribution in [0.1, 0.15) is 141 Å². The molecule has 0 amide bonds. The van der Waals surface area contributed by atoms with Crippen molar-refractivity contribution in [2.45, 2.75) is 156 Å². The second-order valence-electron chi connectivity index (χ2n) is 24.9. The molecule has 14 heterocycles. The van der Waals surface area contributed by atoms with E-state index in [1.807, 2.05) is 136 Å². The third kappa shape index (κ3) is 15.2. The van der Waals surface area contributed by atoms with Gasteiger partial charge in [-0.3, -0.25) is 0 Å². The van der Waals surface area contributed by atoms with Crippen LogP contribution < -0.4 is 9.00 Å². The topological polar surface area (TPSA) is 0 Å². The quantitative estimate of drug-likeness (QED) is 0.0369. The van der Waals surface area contributed by atoms with Crippen molar-refractivity contribution >= 4 is 176 Å². The molecule has 0 spiro atoms. The van der Waals surface area contributed by atoms with Crippen molar-refractivity contribution in [3.8, 4) is 117 Å². The minimum atomic E-state index is -2.09. The molecule has 0 atom stereocenters. The Balaban J connectivity index is 0.679. The monoisotopic (exact) mass is 1520 g/mol. The number of rotatable bonds is 32. The van der Waals surface area contributed by atoms with Gasteiger partial charge in [0.2, 0.25) is 0 Å². The summed E-state index contributed by atoms with van der Waals surface area (Å²) in [6.45, 7) is 14.0. The highest BCUT2D eigenvalue weighted by atomic mass is 32.2. The van der Waals surface area contributed by atoms with Gasteiger partial charge in [0, 0.05) is 117 Å². The maximum atomic E-state index is 2.58. The molecule has 488 valence electrons. The second kappa shape index (κ2) is 31.7. The third-order valence-corrected chi connectivity index (χ3v) is 42.7. The summed E-state index contributed by atoms with van der Waals surface area (Å²) in [5, 5.41) is 4.72. The van der Waals surface area contributed by atoms with Gasteiger partial charge in [-0.2, -0.15) is 0 Å². The molecule has 0 saturated carbocycles. The van der Waals surface area contributed by atoms with E-state index in [1.54, 1.807) is 9.00 Å². The van der Waals surface area contributed by atoms with Crippen LogP contribution >= 0.6 is 159 Å². The average molecular weight is 1520 g/mol. The Labute approximate surface area is 620 Å². The van der Waals surface area contributed by atoms with Gasteiger partial charge < -0.3 is 0 Å². The minimum absolute atomic E-state index is 1.12. The molecule has 0 aliphatic carbocycles. The number of thiophene rings is 14. The molecular formula is C80H80S14Si. The first-order valence-corrected chi connectivity index (χ1v) is 48.1. The van der Waals surface area contributed by atoms with E-state index < -0.39 is 8.07 Å². The molecule has 15 heteroatoms. The first-order chi connectivity index (χ1) is 46.7. The van der Waals surface area contributed by atoms with Crippen molar-refractivity contribution in [2.75, 3.05) is 0 Å². The van der Waals surface area contributed by atoms with Crippen LogP contribution in [-0.2, 0) is 25.7 Å². The fourth-order valence-electron chi connectivity index (χ4n) is 12.6. The van der Waals surface area contributed by atoms with E-state index in [2.05, 4.69) is 221 Å². The van der Waals surface area contributed by atoms with Crippen LogP contribution in [0.2, 0.25) is 12.1 Å². The van der Waals surface area contributed by atoms with Gasteiger partial charge in [0.25, 0.3) is 0 Å². The van der Waals surface area contributed by atoms with Gasteiger partial charge in [-0.1, -0.05) is 105 Å². The predicted octanol–water partition coefficient (Wildman–Crippen LogP) is 31.1. The lowest BCUT2D eigenvalue weighted by Gasteiger charge is -2.30. The summed E-state index contributed by atoms with van der Waals surface area (Å²) >= 11 is 27.8. The van der Waals surface area contributed by atoms with Crippen LogP contribution in [0.3, 0.4) is 0 Å². The molecular weight excluding hydrogens is 1440 g/mol. The van der Waals surface area contributed by atoms with E-state index in [0.29, 0.717) is 0 Å². The number of aryl methyl sites for hydroxylation is 4. The molecule has 0 radical (unpaired) electrons.